The van der Waals surface area contributed by atoms with Crippen LogP contribution in [0.3, 0.4) is 0 Å². The number of hydrogen-bond donors (Lipinski definition) is 0. The Balaban J connectivity index is 1.92. The predicted octanol–water partition coefficient (Wildman–Crippen LogP) is 1.94. The van der Waals surface area contributed by atoms with Gasteiger partial charge in [0.05, 0.1) is 17.6 Å². The molecule has 0 aliphatic carbocycles. The molecule has 0 N–H and O–H groups in total. The highest BCUT2D eigenvalue weighted by Gasteiger charge is 2.22. The van der Waals surface area contributed by atoms with Crippen LogP contribution in [0.25, 0.3) is 5.69 Å². The highest BCUT2D eigenvalue weighted by molar-refractivity contribution is 5.87. The van der Waals surface area contributed by atoms with Gasteiger partial charge in [0, 0.05) is 25.1 Å². The number of aromatic nitrogens is 2. The molecule has 1 aliphatic heterocycles. The molecule has 4 nitrogen and oxygen atoms in total. The lowest BCUT2D eigenvalue weighted by molar-refractivity contribution is -0.126. The number of amides is 1. The second-order valence-corrected chi connectivity index (χ2v) is 4.58. The van der Waals surface area contributed by atoms with Crippen LogP contribution in [0.4, 0.5) is 0 Å². The third kappa shape index (κ3) is 2.05. The molecular weight excluding hydrogens is 238 g/mol. The van der Waals surface area contributed by atoms with Gasteiger partial charge in [-0.25, -0.2) is 4.68 Å². The second-order valence-electron chi connectivity index (χ2n) is 4.58. The van der Waals surface area contributed by atoms with Crippen LogP contribution in [0.5, 0.6) is 0 Å². The van der Waals surface area contributed by atoms with E-state index in [1.165, 1.54) is 11.8 Å². The molecule has 3 rings (SSSR count). The van der Waals surface area contributed by atoms with Gasteiger partial charge in [-0.2, -0.15) is 5.10 Å². The molecular formula is C15H15N3O. The molecule has 0 bridgehead atoms. The summed E-state index contributed by atoms with van der Waals surface area (Å²) in [5.41, 5.74) is 3.37. The minimum atomic E-state index is -0.0156. The van der Waals surface area contributed by atoms with Crippen LogP contribution < -0.4 is 0 Å². The van der Waals surface area contributed by atoms with Gasteiger partial charge in [0.15, 0.2) is 0 Å². The van der Waals surface area contributed by atoms with Crippen molar-refractivity contribution in [3.63, 3.8) is 0 Å². The van der Waals surface area contributed by atoms with Gasteiger partial charge in [-0.15, -0.1) is 0 Å². The lowest BCUT2D eigenvalue weighted by Crippen LogP contribution is -2.35. The predicted molar refractivity (Wildman–Crippen MR) is 72.9 cm³/mol. The largest absolute Gasteiger partial charge is 0.334 e. The van der Waals surface area contributed by atoms with E-state index in [0.29, 0.717) is 6.54 Å². The van der Waals surface area contributed by atoms with E-state index in [0.717, 1.165) is 24.2 Å². The quantitative estimate of drug-likeness (QED) is 0.767. The average Bonchev–Trinajstić information content (AvgIpc) is 2.90. The molecule has 1 aliphatic rings. The van der Waals surface area contributed by atoms with E-state index in [4.69, 9.17) is 0 Å². The third-order valence-corrected chi connectivity index (χ3v) is 3.42. The van der Waals surface area contributed by atoms with Crippen molar-refractivity contribution in [1.82, 2.24) is 14.7 Å². The maximum Gasteiger partial charge on any atom is 0.246 e. The van der Waals surface area contributed by atoms with Crippen LogP contribution >= 0.6 is 0 Å². The summed E-state index contributed by atoms with van der Waals surface area (Å²) >= 11 is 0. The van der Waals surface area contributed by atoms with Crippen LogP contribution in [0, 0.1) is 0 Å². The summed E-state index contributed by atoms with van der Waals surface area (Å²) in [5, 5.41) is 4.44. The fraction of sp³-hybridized carbons (Fsp3) is 0.200. The lowest BCUT2D eigenvalue weighted by Gasteiger charge is -2.26. The Morgan fingerprint density at radius 2 is 2.11 bits per heavy atom. The first-order valence-electron chi connectivity index (χ1n) is 6.32. The van der Waals surface area contributed by atoms with Crippen molar-refractivity contribution in [2.75, 3.05) is 6.54 Å². The van der Waals surface area contributed by atoms with Gasteiger partial charge >= 0.3 is 0 Å². The minimum Gasteiger partial charge on any atom is -0.334 e. The minimum absolute atomic E-state index is 0.0156. The first-order valence-corrected chi connectivity index (χ1v) is 6.32. The molecule has 0 saturated carbocycles. The number of benzene rings is 1. The Morgan fingerprint density at radius 1 is 1.32 bits per heavy atom. The number of para-hydroxylation sites is 1. The molecule has 4 heteroatoms. The molecule has 0 unspecified atom stereocenters. The first kappa shape index (κ1) is 11.7. The highest BCUT2D eigenvalue weighted by Crippen LogP contribution is 2.21. The van der Waals surface area contributed by atoms with Crippen molar-refractivity contribution in [3.05, 3.63) is 60.4 Å². The molecule has 2 aromatic rings. The Morgan fingerprint density at radius 3 is 2.84 bits per heavy atom. The zero-order valence-electron chi connectivity index (χ0n) is 10.6. The van der Waals surface area contributed by atoms with Gasteiger partial charge < -0.3 is 4.90 Å². The van der Waals surface area contributed by atoms with Crippen LogP contribution in [-0.4, -0.2) is 27.1 Å². The van der Waals surface area contributed by atoms with E-state index in [2.05, 4.69) is 11.7 Å². The van der Waals surface area contributed by atoms with Crippen molar-refractivity contribution in [2.24, 2.45) is 0 Å². The topological polar surface area (TPSA) is 38.1 Å². The van der Waals surface area contributed by atoms with Gasteiger partial charge in [-0.1, -0.05) is 24.8 Å². The highest BCUT2D eigenvalue weighted by atomic mass is 16.2. The summed E-state index contributed by atoms with van der Waals surface area (Å²) in [4.78, 5) is 13.4. The van der Waals surface area contributed by atoms with Crippen molar-refractivity contribution >= 4 is 5.91 Å². The van der Waals surface area contributed by atoms with Gasteiger partial charge in [-0.3, -0.25) is 4.79 Å². The maximum atomic E-state index is 11.6. The van der Waals surface area contributed by atoms with Crippen molar-refractivity contribution < 1.29 is 4.79 Å². The molecule has 0 atom stereocenters. The summed E-state index contributed by atoms with van der Waals surface area (Å²) in [6.07, 6.45) is 4.04. The molecule has 1 aromatic carbocycles. The summed E-state index contributed by atoms with van der Waals surface area (Å²) in [5.74, 6) is -0.0156. The van der Waals surface area contributed by atoms with E-state index in [-0.39, 0.29) is 5.91 Å². The average molecular weight is 253 g/mol. The molecule has 1 aromatic heterocycles. The summed E-state index contributed by atoms with van der Waals surface area (Å²) in [6, 6.07) is 10.1. The summed E-state index contributed by atoms with van der Waals surface area (Å²) in [6.45, 7) is 4.87. The molecule has 0 fully saturated rings. The normalized spacial score (nSPS) is 14.0. The van der Waals surface area contributed by atoms with Gasteiger partial charge in [0.25, 0.3) is 0 Å². The molecule has 96 valence electrons. The lowest BCUT2D eigenvalue weighted by atomic mass is 10.1. The number of carbonyl (C=O) groups is 1. The molecule has 2 heterocycles. The zero-order chi connectivity index (χ0) is 13.2. The third-order valence-electron chi connectivity index (χ3n) is 3.42. The number of fused-ring (bicyclic) bond motifs is 1. The molecule has 19 heavy (non-hydrogen) atoms. The fourth-order valence-electron chi connectivity index (χ4n) is 2.44. The number of carbonyl (C=O) groups excluding carboxylic acids is 1. The Labute approximate surface area is 112 Å². The summed E-state index contributed by atoms with van der Waals surface area (Å²) < 4.78 is 1.96. The molecule has 1 amide bonds. The van der Waals surface area contributed by atoms with Crippen molar-refractivity contribution in [2.45, 2.75) is 13.0 Å². The first-order chi connectivity index (χ1) is 9.29. The Hall–Kier alpha value is -2.36. The van der Waals surface area contributed by atoms with E-state index in [1.807, 2.05) is 41.2 Å². The second kappa shape index (κ2) is 4.72. The van der Waals surface area contributed by atoms with E-state index in [9.17, 15) is 4.79 Å². The van der Waals surface area contributed by atoms with Crippen LogP contribution in [0.1, 0.15) is 11.3 Å². The van der Waals surface area contributed by atoms with Crippen molar-refractivity contribution in [3.8, 4) is 5.69 Å². The van der Waals surface area contributed by atoms with Crippen LogP contribution in [-0.2, 0) is 17.8 Å². The van der Waals surface area contributed by atoms with E-state index in [1.54, 1.807) is 4.90 Å². The molecule has 0 spiro atoms. The van der Waals surface area contributed by atoms with Gasteiger partial charge in [-0.05, 0) is 18.2 Å². The van der Waals surface area contributed by atoms with Gasteiger partial charge in [0.2, 0.25) is 5.91 Å². The van der Waals surface area contributed by atoms with E-state index < -0.39 is 0 Å². The van der Waals surface area contributed by atoms with E-state index >= 15 is 0 Å². The van der Waals surface area contributed by atoms with Crippen LogP contribution in [0.15, 0.2) is 49.2 Å². The smallest absolute Gasteiger partial charge is 0.246 e. The maximum absolute atomic E-state index is 11.6. The molecule has 0 radical (unpaired) electrons. The number of rotatable bonds is 2. The molecule has 0 saturated heterocycles. The van der Waals surface area contributed by atoms with Crippen molar-refractivity contribution in [1.29, 1.82) is 0 Å². The SMILES string of the molecule is C=CC(=O)N1CCc2c(cnn2-c2ccccc2)C1. The Bertz CT molecular complexity index is 616. The monoisotopic (exact) mass is 253 g/mol. The summed E-state index contributed by atoms with van der Waals surface area (Å²) in [7, 11) is 0. The van der Waals surface area contributed by atoms with Crippen LogP contribution in [0.2, 0.25) is 0 Å². The number of nitrogens with zero attached hydrogens (tertiary/aromatic N) is 3. The fourth-order valence-corrected chi connectivity index (χ4v) is 2.44. The number of hydrogen-bond acceptors (Lipinski definition) is 2. The standard InChI is InChI=1S/C15H15N3O/c1-2-15(19)17-9-8-14-12(11-17)10-16-18(14)13-6-4-3-5-7-13/h2-7,10H,1,8-9,11H2. The van der Waals surface area contributed by atoms with Gasteiger partial charge in [0.1, 0.15) is 0 Å². The Kier molecular flexibility index (Phi) is 2.91. The zero-order valence-corrected chi connectivity index (χ0v) is 10.6.